The van der Waals surface area contributed by atoms with Crippen molar-refractivity contribution in [2.75, 3.05) is 17.8 Å². The van der Waals surface area contributed by atoms with Crippen LogP contribution >= 0.6 is 0 Å². The molecule has 6 nitrogen and oxygen atoms in total. The average molecular weight is 418 g/mol. The lowest BCUT2D eigenvalue weighted by atomic mass is 9.98. The maximum absolute atomic E-state index is 13.3. The highest BCUT2D eigenvalue weighted by Crippen LogP contribution is 2.30. The van der Waals surface area contributed by atoms with Crippen molar-refractivity contribution in [3.05, 3.63) is 46.8 Å². The van der Waals surface area contributed by atoms with E-state index < -0.39 is 10.0 Å². The number of nitrogens with one attached hydrogen (secondary N) is 1. The van der Waals surface area contributed by atoms with Crippen LogP contribution in [0.1, 0.15) is 54.0 Å². The third-order valence-electron chi connectivity index (χ3n) is 6.09. The van der Waals surface area contributed by atoms with Crippen molar-refractivity contribution in [3.8, 4) is 0 Å². The minimum absolute atomic E-state index is 0.0840. The first-order valence-corrected chi connectivity index (χ1v) is 11.7. The molecule has 1 amide bonds. The number of sulfonamides is 1. The predicted octanol–water partition coefficient (Wildman–Crippen LogP) is 3.88. The number of aryl methyl sites for hydroxylation is 1. The minimum atomic E-state index is -3.91. The summed E-state index contributed by atoms with van der Waals surface area (Å²) in [5.41, 5.74) is 3.15. The monoisotopic (exact) mass is 417 g/mol. The zero-order valence-electron chi connectivity index (χ0n) is 17.9. The van der Waals surface area contributed by atoms with Gasteiger partial charge in [0.25, 0.3) is 15.9 Å². The molecule has 2 aromatic rings. The number of anilines is 1. The quantitative estimate of drug-likeness (QED) is 0.803. The van der Waals surface area contributed by atoms with E-state index in [2.05, 4.69) is 18.6 Å². The molecule has 29 heavy (non-hydrogen) atoms. The van der Waals surface area contributed by atoms with Gasteiger partial charge in [-0.25, -0.2) is 8.42 Å². The van der Waals surface area contributed by atoms with E-state index in [-0.39, 0.29) is 16.4 Å². The highest BCUT2D eigenvalue weighted by molar-refractivity contribution is 7.92. The molecule has 0 bridgehead atoms. The summed E-state index contributed by atoms with van der Waals surface area (Å²) in [6.07, 6.45) is 2.78. The largest absolute Gasteiger partial charge is 0.350 e. The normalized spacial score (nSPS) is 15.6. The first kappa shape index (κ1) is 21.4. The Morgan fingerprint density at radius 1 is 1.10 bits per heavy atom. The molecule has 1 N–H and O–H groups in total. The molecule has 0 aliphatic carbocycles. The van der Waals surface area contributed by atoms with Crippen molar-refractivity contribution in [1.29, 1.82) is 0 Å². The molecule has 1 saturated heterocycles. The second-order valence-corrected chi connectivity index (χ2v) is 9.68. The zero-order chi connectivity index (χ0) is 21.3. The maximum atomic E-state index is 13.3. The summed E-state index contributed by atoms with van der Waals surface area (Å²) in [4.78, 5) is 15.2. The fourth-order valence-electron chi connectivity index (χ4n) is 3.88. The fraction of sp³-hybridized carbons (Fsp3) is 0.500. The average Bonchev–Trinajstić information content (AvgIpc) is 2.93. The number of likely N-dealkylation sites (tertiary alicyclic amines) is 1. The number of amides is 1. The molecule has 158 valence electrons. The third-order valence-corrected chi connectivity index (χ3v) is 7.63. The van der Waals surface area contributed by atoms with Gasteiger partial charge in [0.05, 0.1) is 5.56 Å². The van der Waals surface area contributed by atoms with Crippen molar-refractivity contribution < 1.29 is 13.2 Å². The molecule has 2 heterocycles. The summed E-state index contributed by atoms with van der Waals surface area (Å²) in [5, 5.41) is 0. The smallest absolute Gasteiger partial charge is 0.264 e. The molecule has 0 radical (unpaired) electrons. The lowest BCUT2D eigenvalue weighted by molar-refractivity contribution is 0.0692. The van der Waals surface area contributed by atoms with Crippen LogP contribution in [0.15, 0.2) is 29.2 Å². The van der Waals surface area contributed by atoms with Crippen LogP contribution in [-0.2, 0) is 23.5 Å². The van der Waals surface area contributed by atoms with E-state index in [9.17, 15) is 13.2 Å². The molecular formula is C22H31N3O3S. The van der Waals surface area contributed by atoms with E-state index >= 15 is 0 Å². The molecule has 0 spiro atoms. The van der Waals surface area contributed by atoms with Gasteiger partial charge in [-0.05, 0) is 56.7 Å². The lowest BCUT2D eigenvalue weighted by Gasteiger charge is -2.30. The number of rotatable bonds is 5. The van der Waals surface area contributed by atoms with Gasteiger partial charge in [-0.15, -0.1) is 0 Å². The van der Waals surface area contributed by atoms with Crippen LogP contribution in [0.5, 0.6) is 0 Å². The standard InChI is InChI=1S/C22H31N3O3S/c1-6-18-7-9-19(10-8-18)23-29(27,28)21-17(4)24(5)16(3)20(21)22(26)25-13-11-15(2)12-14-25/h7-10,15,23H,6,11-14H2,1-5H3. The Hall–Kier alpha value is -2.28. The number of carbonyl (C=O) groups excluding carboxylic acids is 1. The van der Waals surface area contributed by atoms with E-state index in [4.69, 9.17) is 0 Å². The molecule has 1 aromatic heterocycles. The minimum Gasteiger partial charge on any atom is -0.350 e. The summed E-state index contributed by atoms with van der Waals surface area (Å²) in [6.45, 7) is 9.12. The zero-order valence-corrected chi connectivity index (χ0v) is 18.8. The van der Waals surface area contributed by atoms with Crippen molar-refractivity contribution in [2.45, 2.75) is 51.9 Å². The van der Waals surface area contributed by atoms with Gasteiger partial charge in [0, 0.05) is 37.2 Å². The van der Waals surface area contributed by atoms with Crippen LogP contribution < -0.4 is 4.72 Å². The van der Waals surface area contributed by atoms with Gasteiger partial charge in [-0.1, -0.05) is 26.0 Å². The third kappa shape index (κ3) is 4.20. The van der Waals surface area contributed by atoms with Crippen LogP contribution in [0.3, 0.4) is 0 Å². The van der Waals surface area contributed by atoms with Crippen LogP contribution in [-0.4, -0.2) is 36.9 Å². The summed E-state index contributed by atoms with van der Waals surface area (Å²) < 4.78 is 31.1. The van der Waals surface area contributed by atoms with Crippen LogP contribution in [0, 0.1) is 19.8 Å². The second-order valence-electron chi connectivity index (χ2n) is 8.06. The number of benzene rings is 1. The summed E-state index contributed by atoms with van der Waals surface area (Å²) >= 11 is 0. The molecule has 1 fully saturated rings. The van der Waals surface area contributed by atoms with Crippen LogP contribution in [0.25, 0.3) is 0 Å². The van der Waals surface area contributed by atoms with Crippen molar-refractivity contribution in [3.63, 3.8) is 0 Å². The van der Waals surface area contributed by atoms with Gasteiger partial charge in [-0.2, -0.15) is 0 Å². The topological polar surface area (TPSA) is 71.4 Å². The van der Waals surface area contributed by atoms with Gasteiger partial charge in [-0.3, -0.25) is 9.52 Å². The first-order chi connectivity index (χ1) is 13.7. The highest BCUT2D eigenvalue weighted by atomic mass is 32.2. The van der Waals surface area contributed by atoms with Crippen molar-refractivity contribution in [2.24, 2.45) is 13.0 Å². The molecule has 0 saturated carbocycles. The SMILES string of the molecule is CCc1ccc(NS(=O)(=O)c2c(C(=O)N3CCC(C)CC3)c(C)n(C)c2C)cc1. The van der Waals surface area contributed by atoms with Gasteiger partial charge >= 0.3 is 0 Å². The summed E-state index contributed by atoms with van der Waals surface area (Å²) in [6, 6.07) is 7.33. The summed E-state index contributed by atoms with van der Waals surface area (Å²) in [5.74, 6) is 0.397. The van der Waals surface area contributed by atoms with Crippen molar-refractivity contribution in [1.82, 2.24) is 9.47 Å². The Kier molecular flexibility index (Phi) is 6.08. The van der Waals surface area contributed by atoms with E-state index in [1.807, 2.05) is 19.1 Å². The van der Waals surface area contributed by atoms with E-state index in [1.54, 1.807) is 35.6 Å². The van der Waals surface area contributed by atoms with E-state index in [0.717, 1.165) is 24.8 Å². The molecule has 0 unspecified atom stereocenters. The molecule has 7 heteroatoms. The Morgan fingerprint density at radius 2 is 1.69 bits per heavy atom. The fourth-order valence-corrected chi connectivity index (χ4v) is 5.46. The molecule has 1 aliphatic rings. The number of hydrogen-bond donors (Lipinski definition) is 1. The Bertz CT molecular complexity index is 999. The van der Waals surface area contributed by atoms with Gasteiger partial charge in [0.1, 0.15) is 4.90 Å². The highest BCUT2D eigenvalue weighted by Gasteiger charge is 2.33. The first-order valence-electron chi connectivity index (χ1n) is 10.2. The lowest BCUT2D eigenvalue weighted by Crippen LogP contribution is -2.38. The number of nitrogens with zero attached hydrogens (tertiary/aromatic N) is 2. The van der Waals surface area contributed by atoms with Gasteiger partial charge in [0.2, 0.25) is 0 Å². The molecule has 1 aromatic carbocycles. The Morgan fingerprint density at radius 3 is 2.24 bits per heavy atom. The summed E-state index contributed by atoms with van der Waals surface area (Å²) in [7, 11) is -2.11. The van der Waals surface area contributed by atoms with E-state index in [0.29, 0.717) is 36.1 Å². The number of piperidine rings is 1. The molecule has 0 atom stereocenters. The van der Waals surface area contributed by atoms with Crippen LogP contribution in [0.4, 0.5) is 5.69 Å². The van der Waals surface area contributed by atoms with E-state index in [1.165, 1.54) is 0 Å². The van der Waals surface area contributed by atoms with Crippen LogP contribution in [0.2, 0.25) is 0 Å². The van der Waals surface area contributed by atoms with Gasteiger partial charge in [0.15, 0.2) is 0 Å². The number of aromatic nitrogens is 1. The number of hydrogen-bond acceptors (Lipinski definition) is 3. The predicted molar refractivity (Wildman–Crippen MR) is 116 cm³/mol. The second kappa shape index (κ2) is 8.22. The number of carbonyl (C=O) groups is 1. The Labute approximate surface area is 174 Å². The Balaban J connectivity index is 1.99. The van der Waals surface area contributed by atoms with Crippen molar-refractivity contribution >= 4 is 21.6 Å². The maximum Gasteiger partial charge on any atom is 0.264 e. The molecule has 3 rings (SSSR count). The van der Waals surface area contributed by atoms with Gasteiger partial charge < -0.3 is 9.47 Å². The molecule has 1 aliphatic heterocycles. The molecular weight excluding hydrogens is 386 g/mol.